The lowest BCUT2D eigenvalue weighted by Crippen LogP contribution is -2.15. The zero-order chi connectivity index (χ0) is 19.7. The lowest BCUT2D eigenvalue weighted by Gasteiger charge is -2.06. The number of hydrogen-bond donors (Lipinski definition) is 2. The van der Waals surface area contributed by atoms with Gasteiger partial charge < -0.3 is 10.3 Å². The van der Waals surface area contributed by atoms with E-state index < -0.39 is 0 Å². The lowest BCUT2D eigenvalue weighted by atomic mass is 10.2. The number of nitrogens with zero attached hydrogens (tertiary/aromatic N) is 3. The minimum Gasteiger partial charge on any atom is -0.301 e. The van der Waals surface area contributed by atoms with Crippen LogP contribution in [0.5, 0.6) is 0 Å². The Balaban J connectivity index is 1.64. The van der Waals surface area contributed by atoms with E-state index in [4.69, 9.17) is 12.2 Å². The highest BCUT2D eigenvalue weighted by atomic mass is 32.2. The fourth-order valence-corrected chi connectivity index (χ4v) is 4.93. The van der Waals surface area contributed by atoms with Crippen molar-refractivity contribution in [3.8, 4) is 5.69 Å². The number of aromatic nitrogens is 4. The van der Waals surface area contributed by atoms with E-state index in [0.29, 0.717) is 24.6 Å². The van der Waals surface area contributed by atoms with Crippen LogP contribution in [0, 0.1) is 10.9 Å². The molecule has 4 aromatic rings. The number of carbonyl (C=O) groups excluding carboxylic acids is 1. The molecule has 3 aromatic heterocycles. The average Bonchev–Trinajstić information content (AvgIpc) is 3.28. The largest absolute Gasteiger partial charge is 0.301 e. The third kappa shape index (κ3) is 3.92. The number of thioether (sulfide) groups is 1. The number of benzene rings is 1. The number of carbonyl (C=O) groups is 1. The van der Waals surface area contributed by atoms with E-state index in [2.05, 4.69) is 20.3 Å². The zero-order valence-corrected chi connectivity index (χ0v) is 17.7. The van der Waals surface area contributed by atoms with E-state index in [0.717, 1.165) is 23.0 Å². The number of aryl methyl sites for hydroxylation is 1. The molecule has 0 bridgehead atoms. The Kier molecular flexibility index (Phi) is 5.40. The number of aromatic amines is 1. The Morgan fingerprint density at radius 3 is 2.86 bits per heavy atom. The van der Waals surface area contributed by atoms with Crippen LogP contribution in [0.25, 0.3) is 16.0 Å². The van der Waals surface area contributed by atoms with E-state index in [1.54, 1.807) is 16.1 Å². The Morgan fingerprint density at radius 1 is 1.36 bits per heavy atom. The summed E-state index contributed by atoms with van der Waals surface area (Å²) in [5.74, 6) is -0.118. The van der Waals surface area contributed by atoms with E-state index >= 15 is 0 Å². The van der Waals surface area contributed by atoms with Gasteiger partial charge in [-0.25, -0.2) is 9.97 Å². The quantitative estimate of drug-likeness (QED) is 0.273. The predicted octanol–water partition coefficient (Wildman–Crippen LogP) is 4.00. The zero-order valence-electron chi connectivity index (χ0n) is 14.5. The van der Waals surface area contributed by atoms with Gasteiger partial charge in [0, 0.05) is 17.3 Å². The summed E-state index contributed by atoms with van der Waals surface area (Å²) < 4.78 is 2.78. The summed E-state index contributed by atoms with van der Waals surface area (Å²) in [6, 6.07) is 7.84. The number of hydrogen-bond acceptors (Lipinski definition) is 8. The first kappa shape index (κ1) is 19.0. The second-order valence-corrected chi connectivity index (χ2v) is 9.24. The standard InChI is InChI=1S/C17H13N5O2S4/c1-9-2-4-10(5-3-9)22-13-12(28-17(22)25)14(24)21-16(20-13)27-8-11(23)19-15-18-6-7-26-15/h2-7H,8H2,1H3,(H,18,19,23)(H,20,21,24). The molecular weight excluding hydrogens is 434 g/mol. The Bertz CT molecular complexity index is 1260. The highest BCUT2D eigenvalue weighted by Gasteiger charge is 2.15. The molecule has 1 amide bonds. The lowest BCUT2D eigenvalue weighted by molar-refractivity contribution is -0.113. The molecule has 3 heterocycles. The maximum Gasteiger partial charge on any atom is 0.271 e. The van der Waals surface area contributed by atoms with Crippen LogP contribution in [-0.4, -0.2) is 31.2 Å². The molecule has 2 N–H and O–H groups in total. The molecule has 0 aliphatic rings. The molecule has 0 unspecified atom stereocenters. The van der Waals surface area contributed by atoms with Gasteiger partial charge in [0.05, 0.1) is 5.75 Å². The maximum atomic E-state index is 12.5. The minimum absolute atomic E-state index is 0.101. The molecular formula is C17H13N5O2S4. The van der Waals surface area contributed by atoms with Crippen LogP contribution in [0.1, 0.15) is 5.56 Å². The SMILES string of the molecule is Cc1ccc(-n2c(=S)sc3c(=O)[nH]c(SCC(=O)Nc4nccs4)nc32)cc1. The van der Waals surface area contributed by atoms with E-state index in [-0.39, 0.29) is 17.2 Å². The maximum absolute atomic E-state index is 12.5. The normalized spacial score (nSPS) is 11.0. The summed E-state index contributed by atoms with van der Waals surface area (Å²) in [5.41, 5.74) is 2.20. The average molecular weight is 448 g/mol. The third-order valence-corrected chi connectivity index (χ3v) is 6.66. The van der Waals surface area contributed by atoms with Crippen molar-refractivity contribution in [2.75, 3.05) is 11.1 Å². The summed E-state index contributed by atoms with van der Waals surface area (Å²) in [6.07, 6.45) is 1.62. The molecule has 0 radical (unpaired) electrons. The third-order valence-electron chi connectivity index (χ3n) is 3.73. The van der Waals surface area contributed by atoms with Gasteiger partial charge in [-0.05, 0) is 31.3 Å². The molecule has 142 valence electrons. The van der Waals surface area contributed by atoms with Gasteiger partial charge in [-0.3, -0.25) is 14.2 Å². The van der Waals surface area contributed by atoms with Gasteiger partial charge in [0.15, 0.2) is 19.9 Å². The van der Waals surface area contributed by atoms with Crippen LogP contribution in [0.15, 0.2) is 45.8 Å². The number of amides is 1. The van der Waals surface area contributed by atoms with Crippen LogP contribution in [0.4, 0.5) is 5.13 Å². The van der Waals surface area contributed by atoms with Crippen molar-refractivity contribution in [3.05, 3.63) is 55.7 Å². The summed E-state index contributed by atoms with van der Waals surface area (Å²) in [7, 11) is 0. The summed E-state index contributed by atoms with van der Waals surface area (Å²) >= 11 is 9.16. The van der Waals surface area contributed by atoms with Crippen molar-refractivity contribution in [2.24, 2.45) is 0 Å². The molecule has 7 nitrogen and oxygen atoms in total. The van der Waals surface area contributed by atoms with Crippen molar-refractivity contribution in [3.63, 3.8) is 0 Å². The number of H-pyrrole nitrogens is 1. The molecule has 1 aromatic carbocycles. The van der Waals surface area contributed by atoms with Gasteiger partial charge >= 0.3 is 0 Å². The van der Waals surface area contributed by atoms with Crippen LogP contribution in [0.3, 0.4) is 0 Å². The Labute approximate surface area is 176 Å². The second kappa shape index (κ2) is 7.95. The number of anilines is 1. The highest BCUT2D eigenvalue weighted by Crippen LogP contribution is 2.25. The first-order chi connectivity index (χ1) is 13.5. The number of thiazole rings is 2. The minimum atomic E-state index is -0.269. The topological polar surface area (TPSA) is 92.7 Å². The highest BCUT2D eigenvalue weighted by molar-refractivity contribution is 7.99. The van der Waals surface area contributed by atoms with Crippen molar-refractivity contribution in [1.82, 2.24) is 19.5 Å². The molecule has 28 heavy (non-hydrogen) atoms. The van der Waals surface area contributed by atoms with Crippen LogP contribution in [-0.2, 0) is 4.79 Å². The monoisotopic (exact) mass is 447 g/mol. The van der Waals surface area contributed by atoms with Crippen molar-refractivity contribution in [1.29, 1.82) is 0 Å². The molecule has 0 saturated heterocycles. The van der Waals surface area contributed by atoms with Gasteiger partial charge in [-0.1, -0.05) is 40.8 Å². The molecule has 0 aliphatic carbocycles. The smallest absolute Gasteiger partial charge is 0.271 e. The molecule has 0 atom stereocenters. The Morgan fingerprint density at radius 2 is 2.14 bits per heavy atom. The van der Waals surface area contributed by atoms with E-state index in [9.17, 15) is 9.59 Å². The van der Waals surface area contributed by atoms with Crippen molar-refractivity contribution >= 4 is 68.0 Å². The van der Waals surface area contributed by atoms with Gasteiger partial charge in [0.1, 0.15) is 4.70 Å². The van der Waals surface area contributed by atoms with Gasteiger partial charge in [-0.2, -0.15) is 0 Å². The second-order valence-electron chi connectivity index (χ2n) is 5.74. The number of nitrogens with one attached hydrogen (secondary N) is 2. The first-order valence-electron chi connectivity index (χ1n) is 8.06. The van der Waals surface area contributed by atoms with Gasteiger partial charge in [0.2, 0.25) is 5.91 Å². The van der Waals surface area contributed by atoms with E-state index in [1.807, 2.05) is 31.2 Å². The predicted molar refractivity (Wildman–Crippen MR) is 117 cm³/mol. The Hall–Kier alpha value is -2.34. The van der Waals surface area contributed by atoms with Crippen molar-refractivity contribution < 1.29 is 4.79 Å². The van der Waals surface area contributed by atoms with Gasteiger partial charge in [0.25, 0.3) is 5.56 Å². The van der Waals surface area contributed by atoms with Gasteiger partial charge in [-0.15, -0.1) is 11.3 Å². The number of rotatable bonds is 5. The molecule has 4 rings (SSSR count). The molecule has 0 spiro atoms. The molecule has 0 fully saturated rings. The van der Waals surface area contributed by atoms with Crippen LogP contribution >= 0.6 is 46.7 Å². The fraction of sp³-hybridized carbons (Fsp3) is 0.118. The van der Waals surface area contributed by atoms with E-state index in [1.165, 1.54) is 22.7 Å². The number of fused-ring (bicyclic) bond motifs is 1. The summed E-state index contributed by atoms with van der Waals surface area (Å²) in [5, 5.41) is 5.38. The molecule has 0 aliphatic heterocycles. The summed E-state index contributed by atoms with van der Waals surface area (Å²) in [4.78, 5) is 35.8. The molecule has 11 heteroatoms. The first-order valence-corrected chi connectivity index (χ1v) is 11.2. The van der Waals surface area contributed by atoms with Crippen molar-refractivity contribution in [2.45, 2.75) is 12.1 Å². The van der Waals surface area contributed by atoms with Crippen LogP contribution < -0.4 is 10.9 Å². The van der Waals surface area contributed by atoms with Crippen LogP contribution in [0.2, 0.25) is 0 Å². The fourth-order valence-electron chi connectivity index (χ4n) is 2.46. The summed E-state index contributed by atoms with van der Waals surface area (Å²) in [6.45, 7) is 2.00. The molecule has 0 saturated carbocycles.